The molecule has 5 rings (SSSR count). The van der Waals surface area contributed by atoms with E-state index < -0.39 is 23.9 Å². The summed E-state index contributed by atoms with van der Waals surface area (Å²) in [5.41, 5.74) is 7.15. The minimum atomic E-state index is -2.85. The van der Waals surface area contributed by atoms with Gasteiger partial charge in [0.25, 0.3) is 18.2 Å². The summed E-state index contributed by atoms with van der Waals surface area (Å²) in [7, 11) is 1.70. The Bertz CT molecular complexity index is 1600. The Morgan fingerprint density at radius 2 is 2.06 bits per heavy atom. The highest BCUT2D eigenvalue weighted by Crippen LogP contribution is 2.43. The van der Waals surface area contributed by atoms with Crippen LogP contribution in [0.4, 0.5) is 14.5 Å². The third-order valence-electron chi connectivity index (χ3n) is 5.20. The first kappa shape index (κ1) is 21.6. The highest BCUT2D eigenvalue weighted by Gasteiger charge is 2.27. The minimum Gasteiger partial charge on any atom is -0.365 e. The summed E-state index contributed by atoms with van der Waals surface area (Å²) in [6.07, 6.45) is 3.31. The Morgan fingerprint density at radius 1 is 1.26 bits per heavy atom. The maximum Gasteiger partial charge on any atom is 0.280 e. The van der Waals surface area contributed by atoms with Crippen LogP contribution in [0.5, 0.6) is 0 Å². The fraction of sp³-hybridized carbons (Fsp3) is 0.143. The van der Waals surface area contributed by atoms with Gasteiger partial charge in [-0.1, -0.05) is 0 Å². The number of halogens is 2. The quantitative estimate of drug-likeness (QED) is 0.395. The number of nitrogens with two attached hydrogens (primary N) is 1. The van der Waals surface area contributed by atoms with Gasteiger partial charge in [-0.25, -0.2) is 23.3 Å². The van der Waals surface area contributed by atoms with E-state index in [4.69, 9.17) is 5.73 Å². The molecule has 5 heterocycles. The van der Waals surface area contributed by atoms with Crippen LogP contribution in [0.25, 0.3) is 27.0 Å². The average molecular weight is 482 g/mol. The van der Waals surface area contributed by atoms with Gasteiger partial charge in [-0.15, -0.1) is 11.3 Å². The SMILES string of the molecule is Cc1nn(C)cc1-c1cc(C(F)F)nc2sc(C(N)=O)c(NC(=O)c3cnn4cccnc34)c12. The Balaban J connectivity index is 1.75. The first-order valence-corrected chi connectivity index (χ1v) is 10.7. The van der Waals surface area contributed by atoms with Crippen molar-refractivity contribution in [2.45, 2.75) is 13.3 Å². The number of anilines is 1. The van der Waals surface area contributed by atoms with Gasteiger partial charge in [0.2, 0.25) is 0 Å². The number of carbonyl (C=O) groups is 2. The molecule has 10 nitrogen and oxygen atoms in total. The Morgan fingerprint density at radius 3 is 2.74 bits per heavy atom. The zero-order chi connectivity index (χ0) is 24.1. The molecule has 0 unspecified atom stereocenters. The van der Waals surface area contributed by atoms with Gasteiger partial charge in [-0.2, -0.15) is 10.2 Å². The topological polar surface area (TPSA) is 133 Å². The minimum absolute atomic E-state index is 0.0190. The third kappa shape index (κ3) is 3.46. The number of hydrogen-bond acceptors (Lipinski definition) is 7. The van der Waals surface area contributed by atoms with Gasteiger partial charge in [0.05, 0.1) is 17.6 Å². The highest BCUT2D eigenvalue weighted by molar-refractivity contribution is 7.21. The van der Waals surface area contributed by atoms with Gasteiger partial charge in [0, 0.05) is 36.6 Å². The molecular weight excluding hydrogens is 466 g/mol. The van der Waals surface area contributed by atoms with Crippen molar-refractivity contribution in [3.05, 3.63) is 58.7 Å². The van der Waals surface area contributed by atoms with Gasteiger partial charge >= 0.3 is 0 Å². The first-order chi connectivity index (χ1) is 16.2. The molecule has 0 spiro atoms. The van der Waals surface area contributed by atoms with E-state index in [9.17, 15) is 18.4 Å². The van der Waals surface area contributed by atoms with Crippen molar-refractivity contribution in [3.8, 4) is 11.1 Å². The zero-order valence-electron chi connectivity index (χ0n) is 17.8. The lowest BCUT2D eigenvalue weighted by atomic mass is 10.0. The summed E-state index contributed by atoms with van der Waals surface area (Å²) in [4.78, 5) is 33.8. The molecule has 3 N–H and O–H groups in total. The number of nitrogens with one attached hydrogen (secondary N) is 1. The van der Waals surface area contributed by atoms with Crippen molar-refractivity contribution in [1.82, 2.24) is 29.4 Å². The van der Waals surface area contributed by atoms with Crippen LogP contribution in [-0.4, -0.2) is 41.2 Å². The van der Waals surface area contributed by atoms with E-state index in [0.717, 1.165) is 11.3 Å². The molecule has 5 aromatic rings. The van der Waals surface area contributed by atoms with E-state index in [1.54, 1.807) is 37.1 Å². The van der Waals surface area contributed by atoms with Gasteiger partial charge < -0.3 is 11.1 Å². The lowest BCUT2D eigenvalue weighted by Gasteiger charge is -2.10. The van der Waals surface area contributed by atoms with Crippen LogP contribution in [0, 0.1) is 6.92 Å². The van der Waals surface area contributed by atoms with Crippen LogP contribution in [0.2, 0.25) is 0 Å². The summed E-state index contributed by atoms with van der Waals surface area (Å²) in [6, 6.07) is 2.90. The Kier molecular flexibility index (Phi) is 5.05. The number of aryl methyl sites for hydroxylation is 2. The fourth-order valence-corrected chi connectivity index (χ4v) is 4.78. The standard InChI is InChI=1S/C21H16F2N8O2S/c1-9-12(8-30(2)29-9)10-6-13(17(22)23)27-21-14(10)15(16(34-21)18(24)32)28-20(33)11-7-26-31-5-3-4-25-19(11)31/h3-8,17H,1-2H3,(H2,24,32)(H,28,33). The molecule has 0 saturated heterocycles. The summed E-state index contributed by atoms with van der Waals surface area (Å²) in [6.45, 7) is 1.73. The number of pyridine rings is 1. The van der Waals surface area contributed by atoms with Crippen molar-refractivity contribution in [3.63, 3.8) is 0 Å². The van der Waals surface area contributed by atoms with E-state index in [2.05, 4.69) is 25.5 Å². The molecule has 0 aliphatic heterocycles. The second-order valence-corrected chi connectivity index (χ2v) is 8.45. The molecule has 0 fully saturated rings. The van der Waals surface area contributed by atoms with Crippen molar-refractivity contribution in [2.24, 2.45) is 12.8 Å². The van der Waals surface area contributed by atoms with Crippen LogP contribution in [-0.2, 0) is 7.05 Å². The fourth-order valence-electron chi connectivity index (χ4n) is 3.77. The largest absolute Gasteiger partial charge is 0.365 e. The number of carbonyl (C=O) groups excluding carboxylic acids is 2. The number of primary amides is 1. The highest BCUT2D eigenvalue weighted by atomic mass is 32.1. The van der Waals surface area contributed by atoms with Crippen molar-refractivity contribution < 1.29 is 18.4 Å². The van der Waals surface area contributed by atoms with E-state index in [-0.39, 0.29) is 21.0 Å². The molecule has 172 valence electrons. The molecule has 0 atom stereocenters. The van der Waals surface area contributed by atoms with Crippen molar-refractivity contribution >= 4 is 44.7 Å². The Labute approximate surface area is 194 Å². The summed E-state index contributed by atoms with van der Waals surface area (Å²) in [5.74, 6) is -1.42. The summed E-state index contributed by atoms with van der Waals surface area (Å²) < 4.78 is 30.3. The number of hydrogen-bond donors (Lipinski definition) is 2. The van der Waals surface area contributed by atoms with Gasteiger partial charge in [-0.05, 0) is 24.6 Å². The van der Waals surface area contributed by atoms with Gasteiger partial charge in [0.15, 0.2) is 5.65 Å². The monoisotopic (exact) mass is 482 g/mol. The predicted molar refractivity (Wildman–Crippen MR) is 121 cm³/mol. The molecule has 0 aromatic carbocycles. The molecular formula is C21H16F2N8O2S. The van der Waals surface area contributed by atoms with E-state index in [1.807, 2.05) is 0 Å². The number of alkyl halides is 2. The zero-order valence-corrected chi connectivity index (χ0v) is 18.6. The number of fused-ring (bicyclic) bond motifs is 2. The maximum absolute atomic E-state index is 13.7. The second kappa shape index (κ2) is 7.95. The second-order valence-electron chi connectivity index (χ2n) is 7.45. The summed E-state index contributed by atoms with van der Waals surface area (Å²) in [5, 5.41) is 11.4. The number of amides is 2. The molecule has 0 saturated carbocycles. The lowest BCUT2D eigenvalue weighted by molar-refractivity contribution is 0.100. The van der Waals surface area contributed by atoms with Crippen LogP contribution < -0.4 is 11.1 Å². The number of nitrogens with zero attached hydrogens (tertiary/aromatic N) is 6. The van der Waals surface area contributed by atoms with E-state index >= 15 is 0 Å². The van der Waals surface area contributed by atoms with E-state index in [0.29, 0.717) is 27.9 Å². The molecule has 0 aliphatic carbocycles. The molecule has 5 aromatic heterocycles. The first-order valence-electron chi connectivity index (χ1n) is 9.90. The average Bonchev–Trinajstić information content (AvgIpc) is 3.48. The molecule has 0 aliphatic rings. The molecule has 0 radical (unpaired) electrons. The number of aromatic nitrogens is 6. The molecule has 2 amide bonds. The predicted octanol–water partition coefficient (Wildman–Crippen LogP) is 3.34. The van der Waals surface area contributed by atoms with Crippen LogP contribution in [0.1, 0.15) is 37.8 Å². The number of rotatable bonds is 5. The molecule has 34 heavy (non-hydrogen) atoms. The molecule has 13 heteroatoms. The van der Waals surface area contributed by atoms with Crippen LogP contribution in [0.3, 0.4) is 0 Å². The number of thiophene rings is 1. The van der Waals surface area contributed by atoms with Crippen molar-refractivity contribution in [2.75, 3.05) is 5.32 Å². The normalized spacial score (nSPS) is 11.6. The van der Waals surface area contributed by atoms with Crippen molar-refractivity contribution in [1.29, 1.82) is 0 Å². The third-order valence-corrected chi connectivity index (χ3v) is 6.29. The van der Waals surface area contributed by atoms with Crippen LogP contribution in [0.15, 0.2) is 36.9 Å². The summed E-state index contributed by atoms with van der Waals surface area (Å²) >= 11 is 0.831. The molecule has 0 bridgehead atoms. The van der Waals surface area contributed by atoms with Gasteiger partial charge in [-0.3, -0.25) is 14.3 Å². The maximum atomic E-state index is 13.7. The smallest absolute Gasteiger partial charge is 0.280 e. The lowest BCUT2D eigenvalue weighted by Crippen LogP contribution is -2.17. The van der Waals surface area contributed by atoms with Gasteiger partial charge in [0.1, 0.15) is 21.0 Å². The Hall–Kier alpha value is -4.26. The van der Waals surface area contributed by atoms with E-state index in [1.165, 1.54) is 23.0 Å². The van der Waals surface area contributed by atoms with Crippen LogP contribution >= 0.6 is 11.3 Å².